The number of sulfone groups is 1. The number of ether oxygens (including phenoxy) is 1. The van der Waals surface area contributed by atoms with Crippen LogP contribution in [0.15, 0.2) is 46.2 Å². The second kappa shape index (κ2) is 8.58. The molecule has 2 amide bonds. The Hall–Kier alpha value is -3.01. The summed E-state index contributed by atoms with van der Waals surface area (Å²) in [6.45, 7) is 2.33. The fraction of sp³-hybridized carbons (Fsp3) is 0.250. The van der Waals surface area contributed by atoms with Gasteiger partial charge >= 0.3 is 0 Å². The molecule has 1 aromatic heterocycles. The molecule has 0 saturated heterocycles. The van der Waals surface area contributed by atoms with Gasteiger partial charge in [-0.3, -0.25) is 9.59 Å². The van der Waals surface area contributed by atoms with E-state index in [4.69, 9.17) is 28.1 Å². The average Bonchev–Trinajstić information content (AvgIpc) is 3.04. The molecule has 0 aliphatic carbocycles. The number of anilines is 1. The maximum Gasteiger partial charge on any atom is 0.290 e. The molecular weight excluding hydrogens is 513 g/mol. The number of nitrogens with one attached hydrogen (secondary N) is 1. The summed E-state index contributed by atoms with van der Waals surface area (Å²) >= 11 is 12.3. The standard InChI is InChI=1S/C24H21Cl2N3O5S/c1-13-20(23(30)28-7-3-4-14-8-18(34-2)6-5-15(14)12-28)27-21-22(13)35(32,33)19-10-16(25)9-17(11-19)29(26)24(21)31/h5-6,8-11,27H,3-4,7,12H2,1-2H3. The van der Waals surface area contributed by atoms with Crippen molar-refractivity contribution in [3.8, 4) is 5.75 Å². The number of aromatic nitrogens is 1. The predicted molar refractivity (Wildman–Crippen MR) is 131 cm³/mol. The van der Waals surface area contributed by atoms with Crippen molar-refractivity contribution < 1.29 is 22.7 Å². The van der Waals surface area contributed by atoms with E-state index in [1.54, 1.807) is 12.0 Å². The highest BCUT2D eigenvalue weighted by molar-refractivity contribution is 7.91. The number of H-pyrrole nitrogens is 1. The van der Waals surface area contributed by atoms with E-state index in [2.05, 4.69) is 4.98 Å². The first-order chi connectivity index (χ1) is 16.6. The van der Waals surface area contributed by atoms with E-state index in [1.165, 1.54) is 25.1 Å². The lowest BCUT2D eigenvalue weighted by Crippen LogP contribution is -2.31. The Morgan fingerprint density at radius 2 is 1.91 bits per heavy atom. The van der Waals surface area contributed by atoms with E-state index in [9.17, 15) is 18.0 Å². The molecule has 0 unspecified atom stereocenters. The number of fused-ring (bicyclic) bond motifs is 4. The van der Waals surface area contributed by atoms with Crippen LogP contribution in [0.5, 0.6) is 5.75 Å². The van der Waals surface area contributed by atoms with Crippen LogP contribution < -0.4 is 9.16 Å². The van der Waals surface area contributed by atoms with Gasteiger partial charge in [-0.2, -0.15) is 0 Å². The lowest BCUT2D eigenvalue weighted by Gasteiger charge is -2.21. The second-order valence-corrected chi connectivity index (χ2v) is 11.2. The lowest BCUT2D eigenvalue weighted by molar-refractivity contribution is 0.0740. The van der Waals surface area contributed by atoms with E-state index in [0.29, 0.717) is 13.1 Å². The number of amides is 2. The van der Waals surface area contributed by atoms with Gasteiger partial charge in [0.25, 0.3) is 11.8 Å². The lowest BCUT2D eigenvalue weighted by atomic mass is 10.0. The van der Waals surface area contributed by atoms with Crippen LogP contribution in [0.1, 0.15) is 44.1 Å². The third-order valence-corrected chi connectivity index (χ3v) is 8.87. The van der Waals surface area contributed by atoms with E-state index < -0.39 is 21.7 Å². The van der Waals surface area contributed by atoms with Gasteiger partial charge in [-0.25, -0.2) is 12.8 Å². The molecule has 8 nitrogen and oxygen atoms in total. The van der Waals surface area contributed by atoms with Crippen LogP contribution in [0.25, 0.3) is 0 Å². The molecule has 0 spiro atoms. The molecule has 2 aromatic carbocycles. The first-order valence-electron chi connectivity index (χ1n) is 10.9. The van der Waals surface area contributed by atoms with Gasteiger partial charge in [0.05, 0.1) is 17.7 Å². The number of methoxy groups -OCH3 is 1. The molecule has 35 heavy (non-hydrogen) atoms. The fourth-order valence-electron chi connectivity index (χ4n) is 4.62. The molecule has 182 valence electrons. The first kappa shape index (κ1) is 23.7. The van der Waals surface area contributed by atoms with Crippen molar-refractivity contribution in [2.45, 2.75) is 36.1 Å². The number of aromatic amines is 1. The molecule has 3 aromatic rings. The van der Waals surface area contributed by atoms with Gasteiger partial charge in [0, 0.05) is 29.9 Å². The smallest absolute Gasteiger partial charge is 0.290 e. The average molecular weight is 534 g/mol. The normalized spacial score (nSPS) is 16.6. The fourth-order valence-corrected chi connectivity index (χ4v) is 6.80. The van der Waals surface area contributed by atoms with Crippen molar-refractivity contribution in [2.24, 2.45) is 0 Å². The van der Waals surface area contributed by atoms with E-state index in [0.717, 1.165) is 34.1 Å². The zero-order valence-corrected chi connectivity index (χ0v) is 21.2. The number of carbonyl (C=O) groups excluding carboxylic acids is 2. The summed E-state index contributed by atoms with van der Waals surface area (Å²) in [6.07, 6.45) is 1.50. The summed E-state index contributed by atoms with van der Waals surface area (Å²) in [5.74, 6) is -0.443. The van der Waals surface area contributed by atoms with Crippen LogP contribution in [0.3, 0.4) is 0 Å². The van der Waals surface area contributed by atoms with Gasteiger partial charge in [0.1, 0.15) is 22.0 Å². The van der Waals surface area contributed by atoms with Crippen LogP contribution in [0.2, 0.25) is 5.02 Å². The van der Waals surface area contributed by atoms with Crippen molar-refractivity contribution >= 4 is 50.7 Å². The Kier molecular flexibility index (Phi) is 5.82. The van der Waals surface area contributed by atoms with Crippen molar-refractivity contribution in [3.63, 3.8) is 0 Å². The van der Waals surface area contributed by atoms with Crippen molar-refractivity contribution in [1.29, 1.82) is 0 Å². The molecule has 3 heterocycles. The van der Waals surface area contributed by atoms with Gasteiger partial charge < -0.3 is 14.6 Å². The number of nitrogens with zero attached hydrogens (tertiary/aromatic N) is 2. The van der Waals surface area contributed by atoms with Gasteiger partial charge in [0.15, 0.2) is 0 Å². The number of benzene rings is 2. The van der Waals surface area contributed by atoms with Crippen LogP contribution in [0.4, 0.5) is 5.69 Å². The SMILES string of the molecule is COc1ccc2c(c1)CCCN(C(=O)c1[nH]c3c(c1C)S(=O)(=O)c1cc(Cl)cc(c1)N(Cl)C3=O)C2. The molecular formula is C24H21Cl2N3O5S. The topological polar surface area (TPSA) is 99.8 Å². The molecule has 2 aliphatic rings. The number of aryl methyl sites for hydroxylation is 1. The Bertz CT molecular complexity index is 1500. The molecule has 0 saturated carbocycles. The largest absolute Gasteiger partial charge is 0.497 e. The summed E-state index contributed by atoms with van der Waals surface area (Å²) in [5, 5.41) is 0.118. The van der Waals surface area contributed by atoms with Crippen molar-refractivity contribution in [3.05, 3.63) is 69.5 Å². The zero-order valence-electron chi connectivity index (χ0n) is 18.9. The van der Waals surface area contributed by atoms with Crippen LogP contribution >= 0.6 is 23.4 Å². The summed E-state index contributed by atoms with van der Waals surface area (Å²) < 4.78 is 33.2. The van der Waals surface area contributed by atoms with Gasteiger partial charge in [-0.05, 0) is 66.8 Å². The van der Waals surface area contributed by atoms with Crippen LogP contribution in [-0.4, -0.2) is 43.8 Å². The Labute approximate surface area is 212 Å². The van der Waals surface area contributed by atoms with E-state index in [1.807, 2.05) is 18.2 Å². The molecule has 1 N–H and O–H groups in total. The number of halogens is 2. The van der Waals surface area contributed by atoms with Gasteiger partial charge in [-0.1, -0.05) is 17.7 Å². The third-order valence-electron chi connectivity index (χ3n) is 6.40. The number of rotatable bonds is 2. The zero-order chi connectivity index (χ0) is 25.1. The maximum absolute atomic E-state index is 13.6. The summed E-state index contributed by atoms with van der Waals surface area (Å²) in [5.41, 5.74) is 2.14. The highest BCUT2D eigenvalue weighted by Crippen LogP contribution is 2.38. The molecule has 0 atom stereocenters. The monoisotopic (exact) mass is 533 g/mol. The summed E-state index contributed by atoms with van der Waals surface area (Å²) in [4.78, 5) is 30.8. The Morgan fingerprint density at radius 3 is 2.66 bits per heavy atom. The quantitative estimate of drug-likeness (QED) is 0.488. The maximum atomic E-state index is 13.6. The third kappa shape index (κ3) is 3.87. The number of carbonyl (C=O) groups is 2. The highest BCUT2D eigenvalue weighted by Gasteiger charge is 2.38. The van der Waals surface area contributed by atoms with E-state index in [-0.39, 0.29) is 37.5 Å². The highest BCUT2D eigenvalue weighted by atomic mass is 35.5. The van der Waals surface area contributed by atoms with Gasteiger partial charge in [-0.15, -0.1) is 0 Å². The summed E-state index contributed by atoms with van der Waals surface area (Å²) in [6, 6.07) is 9.70. The van der Waals surface area contributed by atoms with Crippen molar-refractivity contribution in [1.82, 2.24) is 9.88 Å². The minimum atomic E-state index is -4.16. The first-order valence-corrected chi connectivity index (χ1v) is 13.0. The Morgan fingerprint density at radius 1 is 1.14 bits per heavy atom. The second-order valence-electron chi connectivity index (χ2n) is 8.53. The molecule has 0 radical (unpaired) electrons. The molecule has 0 fully saturated rings. The number of hydrogen-bond donors (Lipinski definition) is 1. The molecule has 5 rings (SSSR count). The molecule has 11 heteroatoms. The minimum Gasteiger partial charge on any atom is -0.497 e. The summed E-state index contributed by atoms with van der Waals surface area (Å²) in [7, 11) is -2.56. The molecule has 2 bridgehead atoms. The minimum absolute atomic E-state index is 0.0371. The molecule has 2 aliphatic heterocycles. The van der Waals surface area contributed by atoms with Crippen LogP contribution in [0, 0.1) is 6.92 Å². The predicted octanol–water partition coefficient (Wildman–Crippen LogP) is 4.52. The Balaban J connectivity index is 1.59. The van der Waals surface area contributed by atoms with Gasteiger partial charge in [0.2, 0.25) is 9.84 Å². The van der Waals surface area contributed by atoms with E-state index >= 15 is 0 Å². The van der Waals surface area contributed by atoms with Crippen molar-refractivity contribution in [2.75, 3.05) is 18.1 Å². The van der Waals surface area contributed by atoms with Crippen LogP contribution in [-0.2, 0) is 22.8 Å². The number of hydrogen-bond acceptors (Lipinski definition) is 5.